The number of benzene rings is 1. The van der Waals surface area contributed by atoms with Gasteiger partial charge in [-0.25, -0.2) is 19.3 Å². The molecule has 3 aliphatic rings. The summed E-state index contributed by atoms with van der Waals surface area (Å²) >= 11 is 0. The lowest BCUT2D eigenvalue weighted by Gasteiger charge is -2.29. The summed E-state index contributed by atoms with van der Waals surface area (Å²) < 4.78 is 13.6. The fourth-order valence-electron chi connectivity index (χ4n) is 6.01. The Kier molecular flexibility index (Phi) is 5.81. The Labute approximate surface area is 226 Å². The molecule has 0 atom stereocenters. The minimum atomic E-state index is -0.215. The number of nitrogens with zero attached hydrogens (tertiary/aromatic N) is 5. The molecule has 39 heavy (non-hydrogen) atoms. The van der Waals surface area contributed by atoms with E-state index in [1.54, 1.807) is 12.1 Å². The molecule has 3 fully saturated rings. The van der Waals surface area contributed by atoms with Gasteiger partial charge in [0.05, 0.1) is 5.35 Å². The van der Waals surface area contributed by atoms with Gasteiger partial charge >= 0.3 is 0 Å². The van der Waals surface area contributed by atoms with Crippen LogP contribution in [0, 0.1) is 11.7 Å². The van der Waals surface area contributed by atoms with E-state index in [2.05, 4.69) is 37.8 Å². The summed E-state index contributed by atoms with van der Waals surface area (Å²) in [6.07, 6.45) is 8.14. The first-order valence-electron chi connectivity index (χ1n) is 13.8. The van der Waals surface area contributed by atoms with Crippen molar-refractivity contribution in [1.29, 1.82) is 0 Å². The zero-order valence-electron chi connectivity index (χ0n) is 22.2. The van der Waals surface area contributed by atoms with Gasteiger partial charge in [-0.1, -0.05) is 18.7 Å². The second-order valence-corrected chi connectivity index (χ2v) is 10.9. The Hall–Kier alpha value is -3.91. The molecule has 0 bridgehead atoms. The lowest BCUT2D eigenvalue weighted by atomic mass is 9.92. The van der Waals surface area contributed by atoms with Crippen LogP contribution in [-0.2, 0) is 5.41 Å². The van der Waals surface area contributed by atoms with Gasteiger partial charge in [-0.05, 0) is 67.0 Å². The van der Waals surface area contributed by atoms with Gasteiger partial charge in [0, 0.05) is 72.9 Å². The molecular weight excluding hydrogens is 489 g/mol. The van der Waals surface area contributed by atoms with E-state index < -0.39 is 0 Å². The summed E-state index contributed by atoms with van der Waals surface area (Å²) in [6.45, 7) is 8.01. The second-order valence-electron chi connectivity index (χ2n) is 10.9. The average molecular weight is 522 g/mol. The van der Waals surface area contributed by atoms with Gasteiger partial charge in [-0.3, -0.25) is 4.99 Å². The quantitative estimate of drug-likeness (QED) is 0.381. The molecule has 1 aromatic carbocycles. The summed E-state index contributed by atoms with van der Waals surface area (Å²) in [5.74, 6) is 1.88. The molecule has 0 spiro atoms. The third-order valence-electron chi connectivity index (χ3n) is 8.39. The predicted molar refractivity (Wildman–Crippen MR) is 154 cm³/mol. The van der Waals surface area contributed by atoms with Gasteiger partial charge in [-0.15, -0.1) is 0 Å². The number of rotatable bonds is 6. The Bertz CT molecular complexity index is 1690. The molecule has 4 heterocycles. The van der Waals surface area contributed by atoms with E-state index in [-0.39, 0.29) is 11.2 Å². The maximum Gasteiger partial charge on any atom is 0.162 e. The molecule has 0 amide bonds. The lowest BCUT2D eigenvalue weighted by molar-refractivity contribution is 0.583. The summed E-state index contributed by atoms with van der Waals surface area (Å²) in [7, 11) is 1.82. The van der Waals surface area contributed by atoms with Crippen LogP contribution >= 0.6 is 0 Å². The van der Waals surface area contributed by atoms with Crippen molar-refractivity contribution in [2.45, 2.75) is 31.1 Å². The molecule has 198 valence electrons. The molecule has 7 nitrogen and oxygen atoms in total. The van der Waals surface area contributed by atoms with E-state index >= 15 is 0 Å². The smallest absolute Gasteiger partial charge is 0.162 e. The first-order valence-corrected chi connectivity index (χ1v) is 13.8. The van der Waals surface area contributed by atoms with E-state index in [0.717, 1.165) is 96.1 Å². The monoisotopic (exact) mass is 521 g/mol. The standard InChI is InChI=1S/C31H32FN7/c1-19-27(25(18-33-2)20-3-4-20)30(39-15-13-34-14-16-39)38-29(36-19)23-9-12-35-28-24(23)17-26(37-28)31(10-11-31)21-5-7-22(32)8-6-21/h5-9,12,17-18,20,34H,1,3-4,10-11,13-16H2,2H3,(H,35,37)/b27-25-,33-18?. The van der Waals surface area contributed by atoms with E-state index in [0.29, 0.717) is 11.7 Å². The predicted octanol–water partition coefficient (Wildman–Crippen LogP) is 3.32. The fourth-order valence-corrected chi connectivity index (χ4v) is 6.01. The number of piperazine rings is 1. The third-order valence-corrected chi connectivity index (χ3v) is 8.39. The van der Waals surface area contributed by atoms with Crippen molar-refractivity contribution < 1.29 is 4.39 Å². The highest BCUT2D eigenvalue weighted by molar-refractivity contribution is 6.04. The van der Waals surface area contributed by atoms with E-state index in [1.807, 2.05) is 37.7 Å². The minimum Gasteiger partial charge on any atom is -0.353 e. The van der Waals surface area contributed by atoms with Crippen molar-refractivity contribution in [2.24, 2.45) is 10.9 Å². The molecule has 2 N–H and O–H groups in total. The SMILES string of the molecule is C=c1nc(-c2ccnc3[nH]c(C4(c5ccc(F)cc5)CC4)cc23)nc(N2CCNCC2)/c1=C(/C=NC)C1CC1. The zero-order chi connectivity index (χ0) is 26.6. The molecule has 2 saturated carbocycles. The number of anilines is 1. The van der Waals surface area contributed by atoms with Crippen molar-refractivity contribution >= 4 is 35.2 Å². The van der Waals surface area contributed by atoms with Crippen LogP contribution in [0.25, 0.3) is 34.6 Å². The molecule has 8 heteroatoms. The first kappa shape index (κ1) is 24.2. The van der Waals surface area contributed by atoms with E-state index in [1.165, 1.54) is 5.57 Å². The molecule has 2 aliphatic carbocycles. The largest absolute Gasteiger partial charge is 0.353 e. The summed E-state index contributed by atoms with van der Waals surface area (Å²) in [4.78, 5) is 25.2. The van der Waals surface area contributed by atoms with E-state index in [9.17, 15) is 4.39 Å². The highest BCUT2D eigenvalue weighted by Gasteiger charge is 2.47. The molecule has 1 aliphatic heterocycles. The number of aromatic nitrogens is 4. The number of aliphatic imine (C=N–C) groups is 1. The maximum atomic E-state index is 13.6. The normalized spacial score (nSPS) is 19.6. The topological polar surface area (TPSA) is 82.1 Å². The number of hydrogen-bond donors (Lipinski definition) is 2. The van der Waals surface area contributed by atoms with Crippen LogP contribution in [0.1, 0.15) is 36.9 Å². The lowest BCUT2D eigenvalue weighted by Crippen LogP contribution is -2.48. The van der Waals surface area contributed by atoms with Crippen LogP contribution < -0.4 is 20.8 Å². The molecule has 7 rings (SSSR count). The van der Waals surface area contributed by atoms with Crippen molar-refractivity contribution in [3.05, 3.63) is 70.2 Å². The second kappa shape index (κ2) is 9.38. The molecule has 1 saturated heterocycles. The summed E-state index contributed by atoms with van der Waals surface area (Å²) in [5, 5.41) is 6.20. The molecule has 0 unspecified atom stereocenters. The Morgan fingerprint density at radius 1 is 1.13 bits per heavy atom. The summed E-state index contributed by atoms with van der Waals surface area (Å²) in [6, 6.07) is 11.1. The Morgan fingerprint density at radius 2 is 1.90 bits per heavy atom. The molecule has 4 aromatic rings. The number of nitrogens with one attached hydrogen (secondary N) is 2. The van der Waals surface area contributed by atoms with Crippen molar-refractivity contribution in [2.75, 3.05) is 38.1 Å². The number of pyridine rings is 1. The van der Waals surface area contributed by atoms with Crippen LogP contribution in [0.3, 0.4) is 0 Å². The van der Waals surface area contributed by atoms with Gasteiger partial charge < -0.3 is 15.2 Å². The minimum absolute atomic E-state index is 0.132. The highest BCUT2D eigenvalue weighted by atomic mass is 19.1. The number of aromatic amines is 1. The van der Waals surface area contributed by atoms with Crippen LogP contribution in [-0.4, -0.2) is 59.4 Å². The van der Waals surface area contributed by atoms with Crippen LogP contribution in [0.5, 0.6) is 0 Å². The summed E-state index contributed by atoms with van der Waals surface area (Å²) in [5.41, 5.74) is 5.03. The van der Waals surface area contributed by atoms with Crippen molar-refractivity contribution in [3.63, 3.8) is 0 Å². The molecule has 3 aromatic heterocycles. The highest BCUT2D eigenvalue weighted by Crippen LogP contribution is 2.53. The molecular formula is C31H32FN7. The van der Waals surface area contributed by atoms with E-state index in [4.69, 9.17) is 9.97 Å². The fraction of sp³-hybridized carbons (Fsp3) is 0.355. The van der Waals surface area contributed by atoms with Gasteiger partial charge in [0.1, 0.15) is 17.3 Å². The Balaban J connectivity index is 1.39. The average Bonchev–Trinajstić information content (AvgIpc) is 3.90. The number of hydrogen-bond acceptors (Lipinski definition) is 6. The van der Waals surface area contributed by atoms with Crippen LogP contribution in [0.4, 0.5) is 10.2 Å². The number of fused-ring (bicyclic) bond motifs is 1. The number of halogens is 1. The van der Waals surface area contributed by atoms with Gasteiger partial charge in [0.2, 0.25) is 0 Å². The number of H-pyrrole nitrogens is 1. The van der Waals surface area contributed by atoms with Gasteiger partial charge in [-0.2, -0.15) is 0 Å². The third kappa shape index (κ3) is 4.23. The van der Waals surface area contributed by atoms with Crippen LogP contribution in [0.2, 0.25) is 0 Å². The maximum absolute atomic E-state index is 13.6. The van der Waals surface area contributed by atoms with Gasteiger partial charge in [0.15, 0.2) is 5.82 Å². The zero-order valence-corrected chi connectivity index (χ0v) is 22.2. The Morgan fingerprint density at radius 3 is 2.59 bits per heavy atom. The van der Waals surface area contributed by atoms with Crippen molar-refractivity contribution in [1.82, 2.24) is 25.3 Å². The first-order chi connectivity index (χ1) is 19.1. The van der Waals surface area contributed by atoms with Crippen LogP contribution in [0.15, 0.2) is 47.6 Å². The molecule has 0 radical (unpaired) electrons. The van der Waals surface area contributed by atoms with Gasteiger partial charge in [0.25, 0.3) is 0 Å². The van der Waals surface area contributed by atoms with Crippen molar-refractivity contribution in [3.8, 4) is 11.4 Å².